The van der Waals surface area contributed by atoms with Crippen LogP contribution in [-0.4, -0.2) is 46.5 Å². The fourth-order valence-corrected chi connectivity index (χ4v) is 2.91. The number of para-hydroxylation sites is 1. The third-order valence-electron chi connectivity index (χ3n) is 4.05. The third-order valence-corrected chi connectivity index (χ3v) is 4.05. The van der Waals surface area contributed by atoms with Gasteiger partial charge in [0.15, 0.2) is 5.82 Å². The van der Waals surface area contributed by atoms with E-state index >= 15 is 0 Å². The van der Waals surface area contributed by atoms with E-state index < -0.39 is 5.97 Å². The minimum atomic E-state index is -1.10. The molecule has 24 heavy (non-hydrogen) atoms. The number of hydrogen-bond acceptors (Lipinski definition) is 4. The first-order valence-electron chi connectivity index (χ1n) is 7.95. The lowest BCUT2D eigenvalue weighted by Crippen LogP contribution is -2.37. The van der Waals surface area contributed by atoms with Crippen molar-refractivity contribution in [3.05, 3.63) is 54.2 Å². The molecule has 1 saturated heterocycles. The number of carbonyl (C=O) groups excluding carboxylic acids is 1. The monoisotopic (exact) mass is 325 g/mol. The van der Waals surface area contributed by atoms with Crippen LogP contribution >= 0.6 is 0 Å². The van der Waals surface area contributed by atoms with Crippen LogP contribution in [0.1, 0.15) is 23.2 Å². The molecule has 2 aromatic rings. The highest BCUT2D eigenvalue weighted by molar-refractivity contribution is 6.05. The van der Waals surface area contributed by atoms with E-state index in [0.717, 1.165) is 25.9 Å². The second-order valence-corrected chi connectivity index (χ2v) is 5.73. The number of aromatic carboxylic acids is 1. The number of rotatable bonds is 5. The summed E-state index contributed by atoms with van der Waals surface area (Å²) in [5.74, 6) is -1.13. The molecule has 2 heterocycles. The Morgan fingerprint density at radius 1 is 1.08 bits per heavy atom. The highest BCUT2D eigenvalue weighted by atomic mass is 16.4. The molecular weight excluding hydrogens is 306 g/mol. The van der Waals surface area contributed by atoms with Crippen LogP contribution in [0.4, 0.5) is 11.5 Å². The molecule has 1 N–H and O–H groups in total. The highest BCUT2D eigenvalue weighted by Gasteiger charge is 2.26. The van der Waals surface area contributed by atoms with Crippen LogP contribution in [0.2, 0.25) is 0 Å². The van der Waals surface area contributed by atoms with Crippen molar-refractivity contribution >= 4 is 23.4 Å². The number of carboxylic acids is 1. The van der Waals surface area contributed by atoms with Crippen LogP contribution in [-0.2, 0) is 4.79 Å². The summed E-state index contributed by atoms with van der Waals surface area (Å²) in [6.07, 6.45) is 3.67. The predicted octanol–water partition coefficient (Wildman–Crippen LogP) is 2.54. The first-order valence-corrected chi connectivity index (χ1v) is 7.95. The Balaban J connectivity index is 1.99. The average molecular weight is 325 g/mol. The van der Waals surface area contributed by atoms with E-state index in [1.54, 1.807) is 18.2 Å². The summed E-state index contributed by atoms with van der Waals surface area (Å²) < 4.78 is 0. The summed E-state index contributed by atoms with van der Waals surface area (Å²) in [7, 11) is 0. The average Bonchev–Trinajstić information content (AvgIpc) is 3.09. The molecule has 1 aliphatic heterocycles. The van der Waals surface area contributed by atoms with E-state index in [0.29, 0.717) is 5.69 Å². The van der Waals surface area contributed by atoms with Crippen molar-refractivity contribution in [2.75, 3.05) is 24.5 Å². The molecule has 0 aliphatic carbocycles. The Labute approximate surface area is 140 Å². The van der Waals surface area contributed by atoms with Gasteiger partial charge in [0.05, 0.1) is 12.2 Å². The molecule has 1 aromatic carbocycles. The van der Waals surface area contributed by atoms with E-state index in [1.165, 1.54) is 17.2 Å². The van der Waals surface area contributed by atoms with Crippen molar-refractivity contribution in [1.29, 1.82) is 0 Å². The lowest BCUT2D eigenvalue weighted by atomic mass is 10.2. The Kier molecular flexibility index (Phi) is 4.86. The first-order chi connectivity index (χ1) is 11.7. The van der Waals surface area contributed by atoms with Gasteiger partial charge in [0.2, 0.25) is 5.91 Å². The van der Waals surface area contributed by atoms with E-state index in [1.807, 2.05) is 18.2 Å². The number of carbonyl (C=O) groups is 2. The molecule has 0 atom stereocenters. The largest absolute Gasteiger partial charge is 0.478 e. The lowest BCUT2D eigenvalue weighted by molar-refractivity contribution is -0.118. The SMILES string of the molecule is O=C(O)c1cccnc1N(C(=O)CN1CCCC1)c1ccccc1. The number of pyridine rings is 1. The summed E-state index contributed by atoms with van der Waals surface area (Å²) in [5.41, 5.74) is 0.624. The Morgan fingerprint density at radius 2 is 1.79 bits per heavy atom. The molecule has 1 aromatic heterocycles. The maximum atomic E-state index is 12.9. The smallest absolute Gasteiger partial charge is 0.339 e. The van der Waals surface area contributed by atoms with Gasteiger partial charge in [-0.25, -0.2) is 9.78 Å². The summed E-state index contributed by atoms with van der Waals surface area (Å²) in [4.78, 5) is 32.1. The minimum Gasteiger partial charge on any atom is -0.478 e. The van der Waals surface area contributed by atoms with Gasteiger partial charge in [-0.05, 0) is 50.2 Å². The van der Waals surface area contributed by atoms with Crippen LogP contribution in [0.15, 0.2) is 48.7 Å². The molecule has 0 spiro atoms. The third kappa shape index (κ3) is 3.44. The number of amides is 1. The van der Waals surface area contributed by atoms with E-state index in [2.05, 4.69) is 9.88 Å². The molecule has 0 saturated carbocycles. The van der Waals surface area contributed by atoms with Gasteiger partial charge >= 0.3 is 5.97 Å². The van der Waals surface area contributed by atoms with E-state index in [-0.39, 0.29) is 23.8 Å². The van der Waals surface area contributed by atoms with Gasteiger partial charge in [0.1, 0.15) is 5.56 Å². The van der Waals surface area contributed by atoms with Crippen LogP contribution in [0.3, 0.4) is 0 Å². The Bertz CT molecular complexity index is 727. The zero-order chi connectivity index (χ0) is 16.9. The first kappa shape index (κ1) is 16.1. The normalized spacial score (nSPS) is 14.5. The summed E-state index contributed by atoms with van der Waals surface area (Å²) >= 11 is 0. The maximum Gasteiger partial charge on any atom is 0.339 e. The zero-order valence-corrected chi connectivity index (χ0v) is 13.3. The molecule has 3 rings (SSSR count). The van der Waals surface area contributed by atoms with Crippen molar-refractivity contribution in [1.82, 2.24) is 9.88 Å². The van der Waals surface area contributed by atoms with Gasteiger partial charge < -0.3 is 5.11 Å². The number of carboxylic acid groups (broad SMARTS) is 1. The number of hydrogen-bond donors (Lipinski definition) is 1. The van der Waals surface area contributed by atoms with Gasteiger partial charge in [0.25, 0.3) is 0 Å². The van der Waals surface area contributed by atoms with Crippen molar-refractivity contribution < 1.29 is 14.7 Å². The summed E-state index contributed by atoms with van der Waals surface area (Å²) in [5, 5.41) is 9.44. The molecule has 0 unspecified atom stereocenters. The predicted molar refractivity (Wildman–Crippen MR) is 90.5 cm³/mol. The van der Waals surface area contributed by atoms with Crippen LogP contribution in [0, 0.1) is 0 Å². The summed E-state index contributed by atoms with van der Waals surface area (Å²) in [6, 6.07) is 12.1. The molecule has 6 nitrogen and oxygen atoms in total. The second-order valence-electron chi connectivity index (χ2n) is 5.73. The van der Waals surface area contributed by atoms with Crippen molar-refractivity contribution in [3.8, 4) is 0 Å². The number of aromatic nitrogens is 1. The molecular formula is C18H19N3O3. The molecule has 1 aliphatic rings. The minimum absolute atomic E-state index is 0.0103. The Morgan fingerprint density at radius 3 is 2.46 bits per heavy atom. The Hall–Kier alpha value is -2.73. The molecule has 6 heteroatoms. The lowest BCUT2D eigenvalue weighted by Gasteiger charge is -2.25. The van der Waals surface area contributed by atoms with Crippen molar-refractivity contribution in [3.63, 3.8) is 0 Å². The summed E-state index contributed by atoms with van der Waals surface area (Å²) in [6.45, 7) is 2.04. The topological polar surface area (TPSA) is 73.7 Å². The molecule has 1 fully saturated rings. The molecule has 1 amide bonds. The molecule has 124 valence electrons. The van der Waals surface area contributed by atoms with E-state index in [4.69, 9.17) is 0 Å². The fourth-order valence-electron chi connectivity index (χ4n) is 2.91. The number of nitrogens with zero attached hydrogens (tertiary/aromatic N) is 3. The van der Waals surface area contributed by atoms with Gasteiger partial charge in [-0.15, -0.1) is 0 Å². The fraction of sp³-hybridized carbons (Fsp3) is 0.278. The number of likely N-dealkylation sites (tertiary alicyclic amines) is 1. The van der Waals surface area contributed by atoms with Gasteiger partial charge in [-0.3, -0.25) is 14.6 Å². The molecule has 0 bridgehead atoms. The standard InChI is InChI=1S/C18H19N3O3/c22-16(13-20-11-4-5-12-20)21(14-7-2-1-3-8-14)17-15(18(23)24)9-6-10-19-17/h1-3,6-10H,4-5,11-13H2,(H,23,24). The highest BCUT2D eigenvalue weighted by Crippen LogP contribution is 2.27. The number of benzene rings is 1. The van der Waals surface area contributed by atoms with Crippen LogP contribution < -0.4 is 4.90 Å². The van der Waals surface area contributed by atoms with Gasteiger partial charge in [0, 0.05) is 6.20 Å². The quantitative estimate of drug-likeness (QED) is 0.914. The van der Waals surface area contributed by atoms with Crippen molar-refractivity contribution in [2.45, 2.75) is 12.8 Å². The number of anilines is 2. The van der Waals surface area contributed by atoms with Gasteiger partial charge in [-0.2, -0.15) is 0 Å². The van der Waals surface area contributed by atoms with Gasteiger partial charge in [-0.1, -0.05) is 18.2 Å². The second kappa shape index (κ2) is 7.23. The maximum absolute atomic E-state index is 12.9. The zero-order valence-electron chi connectivity index (χ0n) is 13.3. The van der Waals surface area contributed by atoms with Crippen molar-refractivity contribution in [2.24, 2.45) is 0 Å². The van der Waals surface area contributed by atoms with Crippen LogP contribution in [0.5, 0.6) is 0 Å². The van der Waals surface area contributed by atoms with E-state index in [9.17, 15) is 14.7 Å². The van der Waals surface area contributed by atoms with Crippen LogP contribution in [0.25, 0.3) is 0 Å². The molecule has 0 radical (unpaired) electrons.